The first-order valence-electron chi connectivity index (χ1n) is 3.28. The molecule has 0 fully saturated rings. The van der Waals surface area contributed by atoms with Crippen LogP contribution in [-0.2, 0) is 0 Å². The van der Waals surface area contributed by atoms with Crippen LogP contribution in [0.5, 0.6) is 0 Å². The molecule has 0 amide bonds. The molecule has 0 saturated heterocycles. The van der Waals surface area contributed by atoms with Gasteiger partial charge in [0.15, 0.2) is 0 Å². The standard InChI is InChI=1S/C8H5ClO4/c9-6-2-4(7(10)11)1-5(3-6)8(12)13/h1-3H,(H,10,11)(H,12,13). The van der Waals surface area contributed by atoms with E-state index >= 15 is 0 Å². The smallest absolute Gasteiger partial charge is 0.335 e. The van der Waals surface area contributed by atoms with Crippen molar-refractivity contribution >= 4 is 23.5 Å². The van der Waals surface area contributed by atoms with Crippen molar-refractivity contribution < 1.29 is 19.8 Å². The molecule has 1 aromatic rings. The Labute approximate surface area is 78.4 Å². The molecule has 0 atom stereocenters. The van der Waals surface area contributed by atoms with Gasteiger partial charge in [-0.2, -0.15) is 0 Å². The number of benzene rings is 1. The predicted molar refractivity (Wildman–Crippen MR) is 45.4 cm³/mol. The van der Waals surface area contributed by atoms with Crippen molar-refractivity contribution in [3.63, 3.8) is 0 Å². The van der Waals surface area contributed by atoms with Gasteiger partial charge < -0.3 is 10.2 Å². The monoisotopic (exact) mass is 200 g/mol. The summed E-state index contributed by atoms with van der Waals surface area (Å²) in [5.74, 6) is -2.41. The van der Waals surface area contributed by atoms with Gasteiger partial charge >= 0.3 is 11.9 Å². The molecule has 0 heterocycles. The molecular weight excluding hydrogens is 196 g/mol. The number of carboxylic acids is 2. The van der Waals surface area contributed by atoms with Gasteiger partial charge in [-0.3, -0.25) is 0 Å². The van der Waals surface area contributed by atoms with Gasteiger partial charge in [-0.05, 0) is 18.2 Å². The summed E-state index contributed by atoms with van der Waals surface area (Å²) in [6, 6.07) is 3.43. The van der Waals surface area contributed by atoms with E-state index in [9.17, 15) is 9.59 Å². The molecular formula is C8H5ClO4. The Morgan fingerprint density at radius 1 is 1.00 bits per heavy atom. The molecule has 0 spiro atoms. The van der Waals surface area contributed by atoms with Gasteiger partial charge in [0.1, 0.15) is 0 Å². The molecule has 4 nitrogen and oxygen atoms in total. The molecule has 0 saturated carbocycles. The molecule has 1 aromatic carbocycles. The molecule has 0 aliphatic carbocycles. The van der Waals surface area contributed by atoms with E-state index in [1.54, 1.807) is 0 Å². The second kappa shape index (κ2) is 3.45. The van der Waals surface area contributed by atoms with Crippen LogP contribution in [0.3, 0.4) is 0 Å². The maximum atomic E-state index is 10.5. The largest absolute Gasteiger partial charge is 0.478 e. The summed E-state index contributed by atoms with van der Waals surface area (Å²) in [5, 5.41) is 17.2. The summed E-state index contributed by atoms with van der Waals surface area (Å²) >= 11 is 5.51. The van der Waals surface area contributed by atoms with E-state index in [0.717, 1.165) is 6.07 Å². The minimum atomic E-state index is -1.20. The summed E-state index contributed by atoms with van der Waals surface area (Å²) in [6.07, 6.45) is 0. The second-order valence-corrected chi connectivity index (χ2v) is 2.78. The Hall–Kier alpha value is -1.55. The first-order chi connectivity index (χ1) is 6.00. The topological polar surface area (TPSA) is 74.6 Å². The van der Waals surface area contributed by atoms with Crippen LogP contribution in [-0.4, -0.2) is 22.2 Å². The fourth-order valence-corrected chi connectivity index (χ4v) is 1.07. The zero-order chi connectivity index (χ0) is 10.0. The minimum Gasteiger partial charge on any atom is -0.478 e. The second-order valence-electron chi connectivity index (χ2n) is 2.34. The summed E-state index contributed by atoms with van der Waals surface area (Å²) in [6.45, 7) is 0. The van der Waals surface area contributed by atoms with Crippen molar-refractivity contribution in [1.29, 1.82) is 0 Å². The summed E-state index contributed by atoms with van der Waals surface area (Å²) < 4.78 is 0. The Balaban J connectivity index is 3.26. The van der Waals surface area contributed by atoms with E-state index in [1.807, 2.05) is 0 Å². The highest BCUT2D eigenvalue weighted by atomic mass is 35.5. The van der Waals surface area contributed by atoms with Gasteiger partial charge in [0.25, 0.3) is 0 Å². The average molecular weight is 201 g/mol. The van der Waals surface area contributed by atoms with Gasteiger partial charge in [-0.1, -0.05) is 11.6 Å². The van der Waals surface area contributed by atoms with Crippen LogP contribution in [0.4, 0.5) is 0 Å². The Morgan fingerprint density at radius 2 is 1.38 bits per heavy atom. The maximum absolute atomic E-state index is 10.5. The van der Waals surface area contributed by atoms with E-state index in [0.29, 0.717) is 0 Å². The molecule has 68 valence electrons. The maximum Gasteiger partial charge on any atom is 0.335 e. The quantitative estimate of drug-likeness (QED) is 0.763. The van der Waals surface area contributed by atoms with Crippen molar-refractivity contribution in [2.45, 2.75) is 0 Å². The SMILES string of the molecule is O=C(O)c1cc(Cl)cc(C(=O)O)c1. The van der Waals surface area contributed by atoms with Crippen molar-refractivity contribution in [2.75, 3.05) is 0 Å². The molecule has 0 bridgehead atoms. The minimum absolute atomic E-state index is 0.0947. The van der Waals surface area contributed by atoms with Crippen molar-refractivity contribution in [2.24, 2.45) is 0 Å². The summed E-state index contributed by atoms with van der Waals surface area (Å²) in [5.41, 5.74) is -0.269. The zero-order valence-corrected chi connectivity index (χ0v) is 7.08. The molecule has 2 N–H and O–H groups in total. The van der Waals surface area contributed by atoms with Crippen molar-refractivity contribution in [3.05, 3.63) is 34.3 Å². The van der Waals surface area contributed by atoms with E-state index in [-0.39, 0.29) is 16.1 Å². The third-order valence-corrected chi connectivity index (χ3v) is 1.61. The lowest BCUT2D eigenvalue weighted by atomic mass is 10.1. The van der Waals surface area contributed by atoms with Crippen LogP contribution in [0, 0.1) is 0 Å². The Kier molecular flexibility index (Phi) is 2.53. The normalized spacial score (nSPS) is 9.62. The van der Waals surface area contributed by atoms with E-state index in [2.05, 4.69) is 0 Å². The Morgan fingerprint density at radius 3 is 1.69 bits per heavy atom. The molecule has 0 unspecified atom stereocenters. The van der Waals surface area contributed by atoms with Crippen molar-refractivity contribution in [1.82, 2.24) is 0 Å². The van der Waals surface area contributed by atoms with Crippen LogP contribution in [0.2, 0.25) is 5.02 Å². The highest BCUT2D eigenvalue weighted by Gasteiger charge is 2.09. The number of carboxylic acid groups (broad SMARTS) is 2. The highest BCUT2D eigenvalue weighted by molar-refractivity contribution is 6.31. The first-order valence-corrected chi connectivity index (χ1v) is 3.65. The first kappa shape index (κ1) is 9.54. The zero-order valence-electron chi connectivity index (χ0n) is 6.32. The summed E-state index contributed by atoms with van der Waals surface area (Å²) in [7, 11) is 0. The molecule has 0 aromatic heterocycles. The van der Waals surface area contributed by atoms with Gasteiger partial charge in [0, 0.05) is 5.02 Å². The Bertz CT molecular complexity index is 340. The fraction of sp³-hybridized carbons (Fsp3) is 0. The van der Waals surface area contributed by atoms with Crippen molar-refractivity contribution in [3.8, 4) is 0 Å². The molecule has 0 aliphatic heterocycles. The van der Waals surface area contributed by atoms with E-state index in [4.69, 9.17) is 21.8 Å². The van der Waals surface area contributed by atoms with Gasteiger partial charge in [-0.25, -0.2) is 9.59 Å². The molecule has 0 aliphatic rings. The molecule has 13 heavy (non-hydrogen) atoms. The van der Waals surface area contributed by atoms with Crippen LogP contribution in [0.15, 0.2) is 18.2 Å². The van der Waals surface area contributed by atoms with Gasteiger partial charge in [0.05, 0.1) is 11.1 Å². The number of hydrogen-bond donors (Lipinski definition) is 2. The van der Waals surface area contributed by atoms with Gasteiger partial charge in [-0.15, -0.1) is 0 Å². The van der Waals surface area contributed by atoms with Crippen LogP contribution >= 0.6 is 11.6 Å². The average Bonchev–Trinajstić information content (AvgIpc) is 2.03. The third kappa shape index (κ3) is 2.19. The summed E-state index contributed by atoms with van der Waals surface area (Å²) in [4.78, 5) is 21.0. The molecule has 0 radical (unpaired) electrons. The van der Waals surface area contributed by atoms with E-state index < -0.39 is 11.9 Å². The fourth-order valence-electron chi connectivity index (χ4n) is 0.837. The lowest BCUT2D eigenvalue weighted by Gasteiger charge is -1.98. The number of hydrogen-bond acceptors (Lipinski definition) is 2. The number of aromatic carboxylic acids is 2. The van der Waals surface area contributed by atoms with Crippen LogP contribution in [0.25, 0.3) is 0 Å². The number of rotatable bonds is 2. The lowest BCUT2D eigenvalue weighted by Crippen LogP contribution is -2.01. The van der Waals surface area contributed by atoms with Crippen LogP contribution in [0.1, 0.15) is 20.7 Å². The number of carbonyl (C=O) groups is 2. The number of halogens is 1. The molecule has 1 rings (SSSR count). The predicted octanol–water partition coefficient (Wildman–Crippen LogP) is 1.74. The third-order valence-electron chi connectivity index (χ3n) is 1.39. The van der Waals surface area contributed by atoms with E-state index in [1.165, 1.54) is 12.1 Å². The lowest BCUT2D eigenvalue weighted by molar-refractivity contribution is 0.0696. The van der Waals surface area contributed by atoms with Crippen LogP contribution < -0.4 is 0 Å². The van der Waals surface area contributed by atoms with Gasteiger partial charge in [0.2, 0.25) is 0 Å². The highest BCUT2D eigenvalue weighted by Crippen LogP contribution is 2.15. The molecule has 5 heteroatoms.